The lowest BCUT2D eigenvalue weighted by Gasteiger charge is -2.23. The molecule has 33 heavy (non-hydrogen) atoms. The van der Waals surface area contributed by atoms with Crippen LogP contribution in [0.3, 0.4) is 0 Å². The van der Waals surface area contributed by atoms with E-state index in [2.05, 4.69) is 0 Å². The van der Waals surface area contributed by atoms with Crippen molar-refractivity contribution in [2.24, 2.45) is 0 Å². The standard InChI is InChI=1S/C26H23N3O4/c30-19-12-10-18(11-13-19)22-16-20(26(31)32)24-21(14-9-17-6-2-1-3-7-17)28-29(25(24)27-22)23-8-4-5-15-33-23/h1-3,6-7,9-14,16,23,30H,4-5,8,15H2,(H,31,32)/b14-9+. The van der Waals surface area contributed by atoms with Crippen LogP contribution in [0, 0.1) is 0 Å². The van der Waals surface area contributed by atoms with Gasteiger partial charge in [-0.3, -0.25) is 0 Å². The molecule has 1 unspecified atom stereocenters. The Morgan fingerprint density at radius 2 is 1.85 bits per heavy atom. The van der Waals surface area contributed by atoms with Crippen molar-refractivity contribution in [1.29, 1.82) is 0 Å². The number of ether oxygens (including phenoxy) is 1. The van der Waals surface area contributed by atoms with Crippen molar-refractivity contribution in [3.8, 4) is 17.0 Å². The second-order valence-electron chi connectivity index (χ2n) is 8.00. The van der Waals surface area contributed by atoms with Crippen LogP contribution in [0.1, 0.15) is 47.1 Å². The third-order valence-electron chi connectivity index (χ3n) is 5.74. The lowest BCUT2D eigenvalue weighted by atomic mass is 10.0. The van der Waals surface area contributed by atoms with Gasteiger partial charge in [0.05, 0.1) is 22.3 Å². The molecule has 166 valence electrons. The van der Waals surface area contributed by atoms with Gasteiger partial charge in [0, 0.05) is 12.2 Å². The molecule has 0 aliphatic carbocycles. The van der Waals surface area contributed by atoms with Gasteiger partial charge in [0.25, 0.3) is 0 Å². The summed E-state index contributed by atoms with van der Waals surface area (Å²) in [5, 5.41) is 24.9. The Morgan fingerprint density at radius 1 is 1.06 bits per heavy atom. The Labute approximate surface area is 190 Å². The molecule has 1 atom stereocenters. The first-order valence-electron chi connectivity index (χ1n) is 10.9. The SMILES string of the molecule is O=C(O)c1cc(-c2ccc(O)cc2)nc2c1c(/C=C/c1ccccc1)nn2C1CCCCO1. The lowest BCUT2D eigenvalue weighted by Crippen LogP contribution is -2.19. The molecule has 0 spiro atoms. The first kappa shape index (κ1) is 20.9. The van der Waals surface area contributed by atoms with Crippen LogP contribution in [0.15, 0.2) is 60.7 Å². The van der Waals surface area contributed by atoms with Gasteiger partial charge in [0.2, 0.25) is 0 Å². The van der Waals surface area contributed by atoms with E-state index >= 15 is 0 Å². The molecule has 0 saturated carbocycles. The normalized spacial score (nSPS) is 16.4. The van der Waals surface area contributed by atoms with E-state index in [1.165, 1.54) is 0 Å². The van der Waals surface area contributed by atoms with Gasteiger partial charge in [0.1, 0.15) is 5.75 Å². The summed E-state index contributed by atoms with van der Waals surface area (Å²) < 4.78 is 7.68. The first-order chi connectivity index (χ1) is 16.1. The Bertz CT molecular complexity index is 1320. The van der Waals surface area contributed by atoms with Crippen molar-refractivity contribution in [3.05, 3.63) is 77.5 Å². The molecule has 2 aromatic carbocycles. The van der Waals surface area contributed by atoms with Crippen molar-refractivity contribution < 1.29 is 19.7 Å². The van der Waals surface area contributed by atoms with Crippen LogP contribution in [-0.4, -0.2) is 37.6 Å². The van der Waals surface area contributed by atoms with Crippen molar-refractivity contribution in [3.63, 3.8) is 0 Å². The summed E-state index contributed by atoms with van der Waals surface area (Å²) in [5.41, 5.74) is 3.31. The van der Waals surface area contributed by atoms with E-state index in [0.29, 0.717) is 34.6 Å². The van der Waals surface area contributed by atoms with Crippen LogP contribution >= 0.6 is 0 Å². The number of pyridine rings is 1. The number of carbonyl (C=O) groups is 1. The molecule has 4 aromatic rings. The summed E-state index contributed by atoms with van der Waals surface area (Å²) >= 11 is 0. The number of aromatic hydroxyl groups is 1. The van der Waals surface area contributed by atoms with E-state index in [4.69, 9.17) is 14.8 Å². The topological polar surface area (TPSA) is 97.5 Å². The molecule has 2 aromatic heterocycles. The number of benzene rings is 2. The molecule has 7 nitrogen and oxygen atoms in total. The molecule has 1 fully saturated rings. The second-order valence-corrected chi connectivity index (χ2v) is 8.00. The van der Waals surface area contributed by atoms with E-state index in [9.17, 15) is 15.0 Å². The number of hydrogen-bond donors (Lipinski definition) is 2. The molecule has 1 saturated heterocycles. The highest BCUT2D eigenvalue weighted by Gasteiger charge is 2.25. The van der Waals surface area contributed by atoms with Crippen LogP contribution in [0.5, 0.6) is 5.75 Å². The maximum Gasteiger partial charge on any atom is 0.336 e. The third-order valence-corrected chi connectivity index (χ3v) is 5.74. The Morgan fingerprint density at radius 3 is 2.55 bits per heavy atom. The van der Waals surface area contributed by atoms with Crippen LogP contribution in [-0.2, 0) is 4.74 Å². The summed E-state index contributed by atoms with van der Waals surface area (Å²) in [7, 11) is 0. The lowest BCUT2D eigenvalue weighted by molar-refractivity contribution is -0.0370. The average molecular weight is 441 g/mol. The summed E-state index contributed by atoms with van der Waals surface area (Å²) in [6, 6.07) is 17.9. The highest BCUT2D eigenvalue weighted by Crippen LogP contribution is 2.33. The minimum Gasteiger partial charge on any atom is -0.508 e. The summed E-state index contributed by atoms with van der Waals surface area (Å²) in [5.74, 6) is -0.923. The predicted octanol–water partition coefficient (Wildman–Crippen LogP) is 5.37. The van der Waals surface area contributed by atoms with Crippen molar-refractivity contribution >= 4 is 29.2 Å². The van der Waals surface area contributed by atoms with Crippen molar-refractivity contribution in [2.45, 2.75) is 25.5 Å². The number of carboxylic acids is 1. The molecule has 0 radical (unpaired) electrons. The quantitative estimate of drug-likeness (QED) is 0.432. The van der Waals surface area contributed by atoms with Crippen molar-refractivity contribution in [1.82, 2.24) is 14.8 Å². The van der Waals surface area contributed by atoms with Gasteiger partial charge in [-0.25, -0.2) is 14.5 Å². The molecule has 3 heterocycles. The van der Waals surface area contributed by atoms with Gasteiger partial charge < -0.3 is 14.9 Å². The zero-order chi connectivity index (χ0) is 22.8. The van der Waals surface area contributed by atoms with Crippen LogP contribution in [0.4, 0.5) is 0 Å². The summed E-state index contributed by atoms with van der Waals surface area (Å²) in [4.78, 5) is 17.1. The fourth-order valence-electron chi connectivity index (χ4n) is 4.09. The molecule has 1 aliphatic rings. The Hall–Kier alpha value is -3.97. The average Bonchev–Trinajstić information content (AvgIpc) is 3.22. The first-order valence-corrected chi connectivity index (χ1v) is 10.9. The molecule has 2 N–H and O–H groups in total. The number of phenolic OH excluding ortho intramolecular Hbond substituents is 1. The zero-order valence-electron chi connectivity index (χ0n) is 17.9. The van der Waals surface area contributed by atoms with Gasteiger partial charge in [0.15, 0.2) is 11.9 Å². The molecular formula is C26H23N3O4. The van der Waals surface area contributed by atoms with Gasteiger partial charge in [-0.05, 0) is 61.2 Å². The van der Waals surface area contributed by atoms with E-state index in [0.717, 1.165) is 24.8 Å². The smallest absolute Gasteiger partial charge is 0.336 e. The molecule has 5 rings (SSSR count). The number of rotatable bonds is 5. The Kier molecular flexibility index (Phi) is 5.62. The van der Waals surface area contributed by atoms with Crippen LogP contribution < -0.4 is 0 Å². The fraction of sp³-hybridized carbons (Fsp3) is 0.192. The van der Waals surface area contributed by atoms with Gasteiger partial charge >= 0.3 is 5.97 Å². The predicted molar refractivity (Wildman–Crippen MR) is 126 cm³/mol. The van der Waals surface area contributed by atoms with Gasteiger partial charge in [-0.2, -0.15) is 5.10 Å². The number of fused-ring (bicyclic) bond motifs is 1. The number of phenols is 1. The summed E-state index contributed by atoms with van der Waals surface area (Å²) in [6.45, 7) is 0.630. The molecule has 7 heteroatoms. The highest BCUT2D eigenvalue weighted by atomic mass is 16.5. The second kappa shape index (κ2) is 8.88. The third kappa shape index (κ3) is 4.23. The van der Waals surface area contributed by atoms with Crippen molar-refractivity contribution in [2.75, 3.05) is 6.61 Å². The Balaban J connectivity index is 1.72. The number of nitrogens with zero attached hydrogens (tertiary/aromatic N) is 3. The molecular weight excluding hydrogens is 418 g/mol. The maximum atomic E-state index is 12.3. The minimum atomic E-state index is -1.05. The number of carboxylic acid groups (broad SMARTS) is 1. The minimum absolute atomic E-state index is 0.123. The number of hydrogen-bond acceptors (Lipinski definition) is 5. The summed E-state index contributed by atoms with van der Waals surface area (Å²) in [6.07, 6.45) is 6.21. The van der Waals surface area contributed by atoms with Crippen LogP contribution in [0.25, 0.3) is 34.4 Å². The van der Waals surface area contributed by atoms with E-state index in [1.807, 2.05) is 42.5 Å². The molecule has 1 aliphatic heterocycles. The maximum absolute atomic E-state index is 12.3. The molecule has 0 bridgehead atoms. The molecule has 0 amide bonds. The van der Waals surface area contributed by atoms with E-state index in [1.54, 1.807) is 35.0 Å². The zero-order valence-corrected chi connectivity index (χ0v) is 17.9. The van der Waals surface area contributed by atoms with E-state index < -0.39 is 5.97 Å². The number of aromatic nitrogens is 3. The largest absolute Gasteiger partial charge is 0.508 e. The van der Waals surface area contributed by atoms with E-state index in [-0.39, 0.29) is 17.5 Å². The van der Waals surface area contributed by atoms with Gasteiger partial charge in [-0.1, -0.05) is 36.4 Å². The highest BCUT2D eigenvalue weighted by molar-refractivity contribution is 6.06. The number of aromatic carboxylic acids is 1. The van der Waals surface area contributed by atoms with Crippen LogP contribution in [0.2, 0.25) is 0 Å². The fourth-order valence-corrected chi connectivity index (χ4v) is 4.09. The van der Waals surface area contributed by atoms with Gasteiger partial charge in [-0.15, -0.1) is 0 Å². The monoisotopic (exact) mass is 441 g/mol.